The number of aromatic nitrogens is 2. The summed E-state index contributed by atoms with van der Waals surface area (Å²) in [6.45, 7) is 5.07. The van der Waals surface area contributed by atoms with E-state index in [1.54, 1.807) is 23.1 Å². The third kappa shape index (κ3) is 3.53. The Balaban J connectivity index is 1.67. The molecule has 6 nitrogen and oxygen atoms in total. The van der Waals surface area contributed by atoms with E-state index in [-0.39, 0.29) is 12.5 Å². The van der Waals surface area contributed by atoms with Gasteiger partial charge in [-0.25, -0.2) is 14.8 Å². The number of hydrogen-bond acceptors (Lipinski definition) is 5. The maximum atomic E-state index is 12.2. The molecule has 1 saturated heterocycles. The van der Waals surface area contributed by atoms with Crippen LogP contribution in [0.1, 0.15) is 41.0 Å². The summed E-state index contributed by atoms with van der Waals surface area (Å²) in [7, 11) is 0. The zero-order chi connectivity index (χ0) is 17.1. The van der Waals surface area contributed by atoms with Crippen molar-refractivity contribution in [1.82, 2.24) is 14.9 Å². The van der Waals surface area contributed by atoms with Gasteiger partial charge in [-0.15, -0.1) is 0 Å². The second kappa shape index (κ2) is 6.95. The maximum absolute atomic E-state index is 12.2. The summed E-state index contributed by atoms with van der Waals surface area (Å²) in [6, 6.07) is 5.06. The molecule has 0 radical (unpaired) electrons. The number of benzene rings is 1. The van der Waals surface area contributed by atoms with E-state index in [0.717, 1.165) is 49.3 Å². The van der Waals surface area contributed by atoms with Crippen LogP contribution in [0, 0.1) is 13.8 Å². The summed E-state index contributed by atoms with van der Waals surface area (Å²) in [5, 5.41) is 0. The number of rotatable bonds is 3. The second-order valence-corrected chi connectivity index (χ2v) is 6.12. The number of carbonyl (C=O) groups excluding carboxylic acids is 2. The number of piperidine rings is 1. The van der Waals surface area contributed by atoms with Crippen LogP contribution in [0.25, 0.3) is 11.0 Å². The van der Waals surface area contributed by atoms with Crippen molar-refractivity contribution >= 4 is 22.9 Å². The van der Waals surface area contributed by atoms with Crippen LogP contribution in [0.15, 0.2) is 18.2 Å². The van der Waals surface area contributed by atoms with E-state index < -0.39 is 5.97 Å². The zero-order valence-electron chi connectivity index (χ0n) is 14.0. The highest BCUT2D eigenvalue weighted by Crippen LogP contribution is 2.15. The molecule has 0 saturated carbocycles. The van der Waals surface area contributed by atoms with Gasteiger partial charge in [0.1, 0.15) is 0 Å². The minimum absolute atomic E-state index is 0.130. The number of ether oxygens (including phenoxy) is 1. The van der Waals surface area contributed by atoms with Crippen molar-refractivity contribution in [2.75, 3.05) is 19.7 Å². The third-order valence-electron chi connectivity index (χ3n) is 4.35. The van der Waals surface area contributed by atoms with Crippen molar-refractivity contribution in [3.63, 3.8) is 0 Å². The molecule has 0 unspecified atom stereocenters. The van der Waals surface area contributed by atoms with E-state index in [1.165, 1.54) is 0 Å². The number of nitrogens with zero attached hydrogens (tertiary/aromatic N) is 3. The molecule has 0 spiro atoms. The fourth-order valence-electron chi connectivity index (χ4n) is 2.80. The molecule has 1 aliphatic heterocycles. The molecule has 1 aromatic heterocycles. The smallest absolute Gasteiger partial charge is 0.338 e. The Morgan fingerprint density at radius 3 is 2.42 bits per heavy atom. The molecule has 0 aliphatic carbocycles. The van der Waals surface area contributed by atoms with Crippen molar-refractivity contribution in [1.29, 1.82) is 0 Å². The molecule has 3 rings (SSSR count). The first-order chi connectivity index (χ1) is 11.5. The Hall–Kier alpha value is -2.50. The Morgan fingerprint density at radius 2 is 1.71 bits per heavy atom. The normalized spacial score (nSPS) is 14.7. The number of aryl methyl sites for hydroxylation is 2. The molecular weight excluding hydrogens is 306 g/mol. The van der Waals surface area contributed by atoms with Gasteiger partial charge >= 0.3 is 5.97 Å². The SMILES string of the molecule is Cc1nc2ccc(C(=O)OCC(=O)N3CCCCC3)cc2nc1C. The highest BCUT2D eigenvalue weighted by Gasteiger charge is 2.18. The second-order valence-electron chi connectivity index (χ2n) is 6.12. The van der Waals surface area contributed by atoms with Gasteiger partial charge in [0, 0.05) is 13.1 Å². The molecule has 2 aromatic rings. The summed E-state index contributed by atoms with van der Waals surface area (Å²) in [6.07, 6.45) is 3.18. The summed E-state index contributed by atoms with van der Waals surface area (Å²) >= 11 is 0. The van der Waals surface area contributed by atoms with Crippen LogP contribution in [0.4, 0.5) is 0 Å². The largest absolute Gasteiger partial charge is 0.452 e. The molecule has 1 aliphatic rings. The van der Waals surface area contributed by atoms with Gasteiger partial charge in [-0.05, 0) is 51.3 Å². The van der Waals surface area contributed by atoms with Gasteiger partial charge in [-0.3, -0.25) is 4.79 Å². The average Bonchev–Trinajstić information content (AvgIpc) is 2.60. The van der Waals surface area contributed by atoms with Crippen LogP contribution < -0.4 is 0 Å². The van der Waals surface area contributed by atoms with Gasteiger partial charge < -0.3 is 9.64 Å². The van der Waals surface area contributed by atoms with Crippen molar-refractivity contribution in [3.8, 4) is 0 Å². The van der Waals surface area contributed by atoms with E-state index >= 15 is 0 Å². The first-order valence-electron chi connectivity index (χ1n) is 8.24. The van der Waals surface area contributed by atoms with E-state index in [2.05, 4.69) is 9.97 Å². The lowest BCUT2D eigenvalue weighted by molar-refractivity contribution is -0.135. The van der Waals surface area contributed by atoms with Crippen LogP contribution in [-0.2, 0) is 9.53 Å². The lowest BCUT2D eigenvalue weighted by Gasteiger charge is -2.26. The molecule has 24 heavy (non-hydrogen) atoms. The molecule has 6 heteroatoms. The quantitative estimate of drug-likeness (QED) is 0.810. The summed E-state index contributed by atoms with van der Waals surface area (Å²) < 4.78 is 5.17. The number of esters is 1. The van der Waals surface area contributed by atoms with Gasteiger partial charge in [0.15, 0.2) is 6.61 Å². The van der Waals surface area contributed by atoms with E-state index in [0.29, 0.717) is 11.1 Å². The van der Waals surface area contributed by atoms with Crippen molar-refractivity contribution in [2.24, 2.45) is 0 Å². The molecule has 2 heterocycles. The number of fused-ring (bicyclic) bond motifs is 1. The predicted molar refractivity (Wildman–Crippen MR) is 89.7 cm³/mol. The van der Waals surface area contributed by atoms with E-state index in [1.807, 2.05) is 13.8 Å². The highest BCUT2D eigenvalue weighted by molar-refractivity contribution is 5.94. The van der Waals surface area contributed by atoms with E-state index in [4.69, 9.17) is 4.74 Å². The number of hydrogen-bond donors (Lipinski definition) is 0. The summed E-state index contributed by atoms with van der Waals surface area (Å²) in [5.74, 6) is -0.641. The predicted octanol–water partition coefficient (Wildman–Crippen LogP) is 2.42. The fourth-order valence-corrected chi connectivity index (χ4v) is 2.80. The number of likely N-dealkylation sites (tertiary alicyclic amines) is 1. The standard InChI is InChI=1S/C18H21N3O3/c1-12-13(2)20-16-10-14(6-7-15(16)19-12)18(23)24-11-17(22)21-8-4-3-5-9-21/h6-7,10H,3-5,8-9,11H2,1-2H3. The molecule has 0 bridgehead atoms. The Morgan fingerprint density at radius 1 is 1.04 bits per heavy atom. The molecule has 1 aromatic carbocycles. The first kappa shape index (κ1) is 16.4. The lowest BCUT2D eigenvalue weighted by Crippen LogP contribution is -2.38. The zero-order valence-corrected chi connectivity index (χ0v) is 14.0. The Labute approximate surface area is 140 Å². The van der Waals surface area contributed by atoms with Gasteiger partial charge in [-0.2, -0.15) is 0 Å². The van der Waals surface area contributed by atoms with Gasteiger partial charge in [0.05, 0.1) is 28.0 Å². The van der Waals surface area contributed by atoms with Crippen LogP contribution in [-0.4, -0.2) is 46.4 Å². The first-order valence-corrected chi connectivity index (χ1v) is 8.24. The Bertz CT molecular complexity index is 782. The third-order valence-corrected chi connectivity index (χ3v) is 4.35. The van der Waals surface area contributed by atoms with E-state index in [9.17, 15) is 9.59 Å². The van der Waals surface area contributed by atoms with Crippen LogP contribution in [0.3, 0.4) is 0 Å². The van der Waals surface area contributed by atoms with Crippen LogP contribution in [0.5, 0.6) is 0 Å². The molecule has 0 atom stereocenters. The van der Waals surface area contributed by atoms with Gasteiger partial charge in [0.25, 0.3) is 5.91 Å². The average molecular weight is 327 g/mol. The van der Waals surface area contributed by atoms with Gasteiger partial charge in [-0.1, -0.05) is 0 Å². The van der Waals surface area contributed by atoms with Crippen LogP contribution in [0.2, 0.25) is 0 Å². The summed E-state index contributed by atoms with van der Waals surface area (Å²) in [5.41, 5.74) is 3.46. The lowest BCUT2D eigenvalue weighted by atomic mass is 10.1. The number of amides is 1. The number of carbonyl (C=O) groups is 2. The van der Waals surface area contributed by atoms with Gasteiger partial charge in [0.2, 0.25) is 0 Å². The monoisotopic (exact) mass is 327 g/mol. The minimum atomic E-state index is -0.512. The van der Waals surface area contributed by atoms with Crippen molar-refractivity contribution in [2.45, 2.75) is 33.1 Å². The molecule has 1 amide bonds. The minimum Gasteiger partial charge on any atom is -0.452 e. The van der Waals surface area contributed by atoms with Crippen molar-refractivity contribution in [3.05, 3.63) is 35.2 Å². The molecule has 126 valence electrons. The molecular formula is C18H21N3O3. The molecule has 0 N–H and O–H groups in total. The van der Waals surface area contributed by atoms with Crippen LogP contribution >= 0.6 is 0 Å². The topological polar surface area (TPSA) is 72.4 Å². The summed E-state index contributed by atoms with van der Waals surface area (Å²) in [4.78, 5) is 34.9. The highest BCUT2D eigenvalue weighted by atomic mass is 16.5. The Kier molecular flexibility index (Phi) is 4.74. The maximum Gasteiger partial charge on any atom is 0.338 e. The fraction of sp³-hybridized carbons (Fsp3) is 0.444. The molecule has 1 fully saturated rings. The van der Waals surface area contributed by atoms with Crippen molar-refractivity contribution < 1.29 is 14.3 Å².